The molecule has 47 heavy (non-hydrogen) atoms. The number of piperazine rings is 1. The number of ketones is 1. The molecule has 0 aromatic heterocycles. The molecule has 6 aliphatic rings. The molecule has 1 aromatic rings. The first-order valence-corrected chi connectivity index (χ1v) is 18.7. The molecule has 1 saturated heterocycles. The van der Waals surface area contributed by atoms with Crippen LogP contribution in [0.1, 0.15) is 106 Å². The number of amides is 1. The molecule has 258 valence electrons. The molecular weight excluding hydrogens is 584 g/mol. The summed E-state index contributed by atoms with van der Waals surface area (Å²) >= 11 is 0. The number of ether oxygens (including phenoxy) is 1. The van der Waals surface area contributed by atoms with E-state index in [2.05, 4.69) is 70.4 Å². The van der Waals surface area contributed by atoms with Crippen molar-refractivity contribution in [3.05, 3.63) is 35.9 Å². The molecule has 1 N–H and O–H groups in total. The summed E-state index contributed by atoms with van der Waals surface area (Å²) in [5, 5.41) is 11.1. The summed E-state index contributed by atoms with van der Waals surface area (Å²) < 4.78 is 5.63. The molecule has 6 nitrogen and oxygen atoms in total. The van der Waals surface area contributed by atoms with Crippen LogP contribution in [-0.4, -0.2) is 61.1 Å². The number of nitrogens with zero attached hydrogens (tertiary/aromatic N) is 2. The molecular formula is C41H60N2O4. The summed E-state index contributed by atoms with van der Waals surface area (Å²) in [6.07, 6.45) is 10.7. The van der Waals surface area contributed by atoms with Gasteiger partial charge in [-0.1, -0.05) is 66.2 Å². The van der Waals surface area contributed by atoms with E-state index >= 15 is 0 Å². The van der Waals surface area contributed by atoms with Crippen molar-refractivity contribution in [2.24, 2.45) is 50.2 Å². The second-order valence-electron chi connectivity index (χ2n) is 18.6. The van der Waals surface area contributed by atoms with Gasteiger partial charge in [0.25, 0.3) is 0 Å². The zero-order valence-corrected chi connectivity index (χ0v) is 30.5. The Hall–Kier alpha value is -2.34. The lowest BCUT2D eigenvalue weighted by Crippen LogP contribution is -2.66. The Kier molecular flexibility index (Phi) is 7.64. The Morgan fingerprint density at radius 1 is 0.872 bits per heavy atom. The molecule has 6 heteroatoms. The average molecular weight is 645 g/mol. The van der Waals surface area contributed by atoms with Crippen LogP contribution >= 0.6 is 0 Å². The first kappa shape index (κ1) is 33.2. The van der Waals surface area contributed by atoms with Crippen molar-refractivity contribution in [2.45, 2.75) is 112 Å². The van der Waals surface area contributed by atoms with Crippen molar-refractivity contribution in [1.82, 2.24) is 4.90 Å². The molecule has 1 aromatic carbocycles. The van der Waals surface area contributed by atoms with Gasteiger partial charge in [0.1, 0.15) is 5.75 Å². The van der Waals surface area contributed by atoms with Crippen LogP contribution in [0.2, 0.25) is 0 Å². The van der Waals surface area contributed by atoms with Gasteiger partial charge in [0, 0.05) is 37.5 Å². The molecule has 1 amide bonds. The number of para-hydroxylation sites is 2. The third-order valence-corrected chi connectivity index (χ3v) is 16.1. The number of carbonyl (C=O) groups is 2. The van der Waals surface area contributed by atoms with E-state index in [0.717, 1.165) is 95.4 Å². The number of aliphatic hydroxyl groups is 1. The summed E-state index contributed by atoms with van der Waals surface area (Å²) in [6.45, 7) is 19.5. The van der Waals surface area contributed by atoms with Gasteiger partial charge in [0.2, 0.25) is 5.91 Å². The second-order valence-corrected chi connectivity index (χ2v) is 18.6. The van der Waals surface area contributed by atoms with Gasteiger partial charge in [-0.25, -0.2) is 0 Å². The van der Waals surface area contributed by atoms with Crippen molar-refractivity contribution in [1.29, 1.82) is 0 Å². The summed E-state index contributed by atoms with van der Waals surface area (Å²) in [6, 6.07) is 8.16. The van der Waals surface area contributed by atoms with E-state index in [1.54, 1.807) is 7.11 Å². The summed E-state index contributed by atoms with van der Waals surface area (Å²) in [5.41, 5.74) is 1.68. The molecule has 4 saturated carbocycles. The molecule has 0 radical (unpaired) electrons. The van der Waals surface area contributed by atoms with Gasteiger partial charge in [0.15, 0.2) is 5.78 Å². The van der Waals surface area contributed by atoms with Crippen molar-refractivity contribution in [2.75, 3.05) is 38.2 Å². The molecule has 5 fully saturated rings. The van der Waals surface area contributed by atoms with E-state index in [-0.39, 0.29) is 45.0 Å². The minimum Gasteiger partial charge on any atom is -0.495 e. The van der Waals surface area contributed by atoms with Gasteiger partial charge >= 0.3 is 0 Å². The third-order valence-electron chi connectivity index (χ3n) is 16.1. The molecule has 1 heterocycles. The fraction of sp³-hybridized carbons (Fsp3) is 0.756. The smallest absolute Gasteiger partial charge is 0.228 e. The third kappa shape index (κ3) is 4.58. The summed E-state index contributed by atoms with van der Waals surface area (Å²) in [5.74, 6) is 2.08. The number of rotatable bonds is 3. The number of fused-ring (bicyclic) bond motifs is 7. The molecule has 0 spiro atoms. The molecule has 9 atom stereocenters. The van der Waals surface area contributed by atoms with Crippen LogP contribution < -0.4 is 9.64 Å². The number of allylic oxidation sites excluding steroid dienone is 2. The van der Waals surface area contributed by atoms with Crippen LogP contribution in [0.4, 0.5) is 5.69 Å². The predicted octanol–water partition coefficient (Wildman–Crippen LogP) is 7.69. The predicted molar refractivity (Wildman–Crippen MR) is 187 cm³/mol. The van der Waals surface area contributed by atoms with Gasteiger partial charge in [-0.2, -0.15) is 0 Å². The van der Waals surface area contributed by atoms with Crippen LogP contribution in [0.25, 0.3) is 0 Å². The first-order valence-electron chi connectivity index (χ1n) is 18.7. The summed E-state index contributed by atoms with van der Waals surface area (Å²) in [4.78, 5) is 33.6. The Morgan fingerprint density at radius 3 is 2.26 bits per heavy atom. The van der Waals surface area contributed by atoms with E-state index in [9.17, 15) is 14.7 Å². The van der Waals surface area contributed by atoms with Crippen molar-refractivity contribution in [3.8, 4) is 5.75 Å². The maximum Gasteiger partial charge on any atom is 0.228 e. The normalized spacial score (nSPS) is 44.4. The maximum atomic E-state index is 14.7. The monoisotopic (exact) mass is 644 g/mol. The van der Waals surface area contributed by atoms with E-state index < -0.39 is 5.41 Å². The zero-order valence-electron chi connectivity index (χ0n) is 30.5. The fourth-order valence-electron chi connectivity index (χ4n) is 12.8. The van der Waals surface area contributed by atoms with Gasteiger partial charge in [0.05, 0.1) is 18.9 Å². The highest BCUT2D eigenvalue weighted by molar-refractivity contribution is 5.96. The van der Waals surface area contributed by atoms with Crippen LogP contribution in [0.5, 0.6) is 5.75 Å². The van der Waals surface area contributed by atoms with Gasteiger partial charge < -0.3 is 19.6 Å². The van der Waals surface area contributed by atoms with Gasteiger partial charge in [-0.05, 0) is 115 Å². The van der Waals surface area contributed by atoms with Gasteiger partial charge in [-0.3, -0.25) is 9.59 Å². The van der Waals surface area contributed by atoms with E-state index in [4.69, 9.17) is 4.74 Å². The Morgan fingerprint density at radius 2 is 1.55 bits per heavy atom. The lowest BCUT2D eigenvalue weighted by atomic mass is 9.33. The van der Waals surface area contributed by atoms with Gasteiger partial charge in [-0.15, -0.1) is 0 Å². The summed E-state index contributed by atoms with van der Waals surface area (Å²) in [7, 11) is 1.72. The van der Waals surface area contributed by atoms with Crippen LogP contribution in [0, 0.1) is 50.2 Å². The largest absolute Gasteiger partial charge is 0.495 e. The van der Waals surface area contributed by atoms with E-state index in [1.165, 1.54) is 5.57 Å². The standard InChI is InChI=1S/C41H60N2O4/c1-36(2)32-13-16-41(7)34(39(32,5)15-14-33(36)45)30(44)25-27-28-26-38(4,18-17-37(28,3)19-20-40(27,41)6)35(46)43-23-21-42(22-24-43)29-11-9-10-12-31(29)47-8/h9-12,25,28,32-34,45H,13-24,26H2,1-8H3/t28-,32-,33-,34+,37+,38-,39-,40+,41+/m0/s1. The maximum absolute atomic E-state index is 14.7. The number of benzene rings is 1. The lowest BCUT2D eigenvalue weighted by Gasteiger charge is -2.70. The second kappa shape index (κ2) is 10.8. The van der Waals surface area contributed by atoms with Crippen LogP contribution in [0.3, 0.4) is 0 Å². The van der Waals surface area contributed by atoms with Crippen LogP contribution in [-0.2, 0) is 9.59 Å². The average Bonchev–Trinajstić information content (AvgIpc) is 3.04. The molecule has 1 aliphatic heterocycles. The quantitative estimate of drug-likeness (QED) is 0.366. The Balaban J connectivity index is 1.16. The molecule has 0 unspecified atom stereocenters. The van der Waals surface area contributed by atoms with E-state index in [0.29, 0.717) is 17.6 Å². The lowest BCUT2D eigenvalue weighted by molar-refractivity contribution is -0.202. The van der Waals surface area contributed by atoms with Crippen LogP contribution in [0.15, 0.2) is 35.9 Å². The van der Waals surface area contributed by atoms with Crippen molar-refractivity contribution < 1.29 is 19.4 Å². The number of anilines is 1. The number of hydrogen-bond donors (Lipinski definition) is 1. The number of methoxy groups -OCH3 is 1. The van der Waals surface area contributed by atoms with Crippen molar-refractivity contribution >= 4 is 17.4 Å². The topological polar surface area (TPSA) is 70.1 Å². The SMILES string of the molecule is COc1ccccc1N1CCN(C(=O)[C@@]2(C)CC[C@]3(C)CC[C@]4(C)C(=CC(=O)[C@@H]5[C@@]6(C)CC[C@H](O)C(C)(C)[C@@H]6CC[C@]54C)[C@@H]3C2)CC1. The Labute approximate surface area is 283 Å². The molecule has 0 bridgehead atoms. The first-order chi connectivity index (χ1) is 22.0. The highest BCUT2D eigenvalue weighted by atomic mass is 16.5. The highest BCUT2D eigenvalue weighted by Gasteiger charge is 2.70. The fourth-order valence-corrected chi connectivity index (χ4v) is 12.8. The minimum atomic E-state index is -0.427. The van der Waals surface area contributed by atoms with E-state index in [1.807, 2.05) is 18.2 Å². The number of aliphatic hydroxyl groups excluding tert-OH is 1. The number of carbonyl (C=O) groups excluding carboxylic acids is 2. The Bertz CT molecular complexity index is 1480. The minimum absolute atomic E-state index is 0.0187. The molecule has 5 aliphatic carbocycles. The number of hydrogen-bond acceptors (Lipinski definition) is 5. The van der Waals surface area contributed by atoms with Crippen molar-refractivity contribution in [3.63, 3.8) is 0 Å². The highest BCUT2D eigenvalue weighted by Crippen LogP contribution is 2.75. The molecule has 7 rings (SSSR count). The zero-order chi connectivity index (χ0) is 33.8.